The highest BCUT2D eigenvalue weighted by molar-refractivity contribution is 9.11. The summed E-state index contributed by atoms with van der Waals surface area (Å²) in [6.45, 7) is 0. The molecule has 17 heavy (non-hydrogen) atoms. The second kappa shape index (κ2) is 6.01. The lowest BCUT2D eigenvalue weighted by Gasteiger charge is -2.15. The molecule has 1 aromatic heterocycles. The molecule has 2 rings (SSSR count). The smallest absolute Gasteiger partial charge is 0.0701 e. The Kier molecular flexibility index (Phi) is 4.62. The van der Waals surface area contributed by atoms with Crippen LogP contribution in [0.4, 0.5) is 0 Å². The number of benzene rings is 1. The van der Waals surface area contributed by atoms with E-state index in [0.717, 1.165) is 11.4 Å². The first-order chi connectivity index (χ1) is 8.19. The zero-order valence-electron chi connectivity index (χ0n) is 9.41. The van der Waals surface area contributed by atoms with Gasteiger partial charge in [-0.3, -0.25) is 0 Å². The second-order valence-electron chi connectivity index (χ2n) is 3.86. The van der Waals surface area contributed by atoms with Gasteiger partial charge in [-0.25, -0.2) is 0 Å². The Hall–Kier alpha value is -0.350. The summed E-state index contributed by atoms with van der Waals surface area (Å²) in [5, 5.41) is 6.31. The fraction of sp³-hybridized carbons (Fsp3) is 0.231. The van der Waals surface area contributed by atoms with E-state index in [1.165, 1.54) is 14.9 Å². The molecule has 0 aliphatic heterocycles. The van der Waals surface area contributed by atoms with Gasteiger partial charge < -0.3 is 5.32 Å². The van der Waals surface area contributed by atoms with Crippen LogP contribution in [0, 0.1) is 0 Å². The van der Waals surface area contributed by atoms with Gasteiger partial charge in [0.05, 0.1) is 3.79 Å². The molecule has 4 heteroatoms. The molecule has 1 heterocycles. The molecular formula is C13H13BrClNS. The highest BCUT2D eigenvalue weighted by Gasteiger charge is 2.11. The average molecular weight is 331 g/mol. The SMILES string of the molecule is CNC(Cc1ccc(Cl)cc1)c1csc(Br)c1. The lowest BCUT2D eigenvalue weighted by molar-refractivity contribution is 0.594. The first-order valence-electron chi connectivity index (χ1n) is 5.34. The van der Waals surface area contributed by atoms with Crippen LogP contribution in [0.5, 0.6) is 0 Å². The van der Waals surface area contributed by atoms with Gasteiger partial charge >= 0.3 is 0 Å². The van der Waals surface area contributed by atoms with Crippen molar-refractivity contribution in [3.8, 4) is 0 Å². The number of hydrogen-bond acceptors (Lipinski definition) is 2. The van der Waals surface area contributed by atoms with Gasteiger partial charge in [0.25, 0.3) is 0 Å². The third-order valence-corrected chi connectivity index (χ3v) is 4.47. The summed E-state index contributed by atoms with van der Waals surface area (Å²) in [6, 6.07) is 10.5. The molecule has 0 bridgehead atoms. The maximum atomic E-state index is 5.88. The maximum Gasteiger partial charge on any atom is 0.0701 e. The Labute approximate surface area is 119 Å². The minimum Gasteiger partial charge on any atom is -0.313 e. The highest BCUT2D eigenvalue weighted by atomic mass is 79.9. The molecule has 0 aliphatic carbocycles. The summed E-state index contributed by atoms with van der Waals surface area (Å²) in [7, 11) is 1.99. The number of thiophene rings is 1. The van der Waals surface area contributed by atoms with Crippen molar-refractivity contribution in [1.82, 2.24) is 5.32 Å². The predicted molar refractivity (Wildman–Crippen MR) is 79.0 cm³/mol. The molecule has 90 valence electrons. The van der Waals surface area contributed by atoms with Crippen LogP contribution in [0.2, 0.25) is 5.02 Å². The number of likely N-dealkylation sites (N-methyl/N-ethyl adjacent to an activating group) is 1. The van der Waals surface area contributed by atoms with Gasteiger partial charge in [-0.05, 0) is 64.1 Å². The van der Waals surface area contributed by atoms with E-state index in [9.17, 15) is 0 Å². The molecule has 0 spiro atoms. The van der Waals surface area contributed by atoms with Crippen molar-refractivity contribution in [1.29, 1.82) is 0 Å². The Morgan fingerprint density at radius 1 is 1.35 bits per heavy atom. The van der Waals surface area contributed by atoms with Crippen molar-refractivity contribution in [2.75, 3.05) is 7.05 Å². The van der Waals surface area contributed by atoms with E-state index in [2.05, 4.69) is 44.8 Å². The number of hydrogen-bond donors (Lipinski definition) is 1. The molecule has 1 nitrogen and oxygen atoms in total. The topological polar surface area (TPSA) is 12.0 Å². The monoisotopic (exact) mass is 329 g/mol. The van der Waals surface area contributed by atoms with Crippen molar-refractivity contribution < 1.29 is 0 Å². The van der Waals surface area contributed by atoms with Crippen LogP contribution in [0.15, 0.2) is 39.5 Å². The lowest BCUT2D eigenvalue weighted by Crippen LogP contribution is -2.18. The van der Waals surface area contributed by atoms with Gasteiger partial charge in [0, 0.05) is 11.1 Å². The minimum atomic E-state index is 0.346. The molecule has 1 unspecified atom stereocenters. The maximum absolute atomic E-state index is 5.88. The summed E-state index contributed by atoms with van der Waals surface area (Å²) in [4.78, 5) is 0. The molecule has 0 radical (unpaired) electrons. The highest BCUT2D eigenvalue weighted by Crippen LogP contribution is 2.27. The molecule has 0 saturated carbocycles. The third kappa shape index (κ3) is 3.55. The zero-order valence-corrected chi connectivity index (χ0v) is 12.6. The quantitative estimate of drug-likeness (QED) is 0.859. The van der Waals surface area contributed by atoms with Gasteiger partial charge in [0.2, 0.25) is 0 Å². The average Bonchev–Trinajstić information content (AvgIpc) is 2.75. The van der Waals surface area contributed by atoms with Crippen molar-refractivity contribution in [2.24, 2.45) is 0 Å². The first kappa shape index (κ1) is 13.1. The Balaban J connectivity index is 2.12. The van der Waals surface area contributed by atoms with Crippen molar-refractivity contribution in [3.63, 3.8) is 0 Å². The van der Waals surface area contributed by atoms with Crippen molar-refractivity contribution in [2.45, 2.75) is 12.5 Å². The van der Waals surface area contributed by atoms with Crippen LogP contribution >= 0.6 is 38.9 Å². The molecule has 2 aromatic rings. The fourth-order valence-electron chi connectivity index (χ4n) is 1.75. The molecule has 1 N–H and O–H groups in total. The Bertz CT molecular complexity index is 480. The predicted octanol–water partition coefficient (Wildman–Crippen LogP) is 4.67. The van der Waals surface area contributed by atoms with E-state index in [4.69, 9.17) is 11.6 Å². The van der Waals surface area contributed by atoms with Gasteiger partial charge in [-0.1, -0.05) is 23.7 Å². The van der Waals surface area contributed by atoms with Crippen LogP contribution in [0.1, 0.15) is 17.2 Å². The van der Waals surface area contributed by atoms with E-state index in [1.54, 1.807) is 11.3 Å². The van der Waals surface area contributed by atoms with Gasteiger partial charge in [-0.15, -0.1) is 11.3 Å². The van der Waals surface area contributed by atoms with Gasteiger partial charge in [-0.2, -0.15) is 0 Å². The molecule has 1 aromatic carbocycles. The summed E-state index contributed by atoms with van der Waals surface area (Å²) in [5.74, 6) is 0. The lowest BCUT2D eigenvalue weighted by atomic mass is 10.0. The molecule has 0 fully saturated rings. The summed E-state index contributed by atoms with van der Waals surface area (Å²) >= 11 is 11.1. The third-order valence-electron chi connectivity index (χ3n) is 2.69. The fourth-order valence-corrected chi connectivity index (χ4v) is 3.10. The van der Waals surface area contributed by atoms with Crippen molar-refractivity contribution in [3.05, 3.63) is 55.6 Å². The van der Waals surface area contributed by atoms with E-state index < -0.39 is 0 Å². The molecule has 1 atom stereocenters. The molecule has 0 saturated heterocycles. The zero-order chi connectivity index (χ0) is 12.3. The van der Waals surface area contributed by atoms with Gasteiger partial charge in [0.1, 0.15) is 0 Å². The van der Waals surface area contributed by atoms with E-state index >= 15 is 0 Å². The molecule has 0 aliphatic rings. The van der Waals surface area contributed by atoms with E-state index in [0.29, 0.717) is 6.04 Å². The minimum absolute atomic E-state index is 0.346. The Morgan fingerprint density at radius 3 is 2.59 bits per heavy atom. The van der Waals surface area contributed by atoms with Crippen LogP contribution in [0.3, 0.4) is 0 Å². The van der Waals surface area contributed by atoms with E-state index in [-0.39, 0.29) is 0 Å². The van der Waals surface area contributed by atoms with Crippen LogP contribution < -0.4 is 5.32 Å². The van der Waals surface area contributed by atoms with Crippen LogP contribution in [-0.4, -0.2) is 7.05 Å². The van der Waals surface area contributed by atoms with Crippen LogP contribution in [-0.2, 0) is 6.42 Å². The molecular weight excluding hydrogens is 318 g/mol. The van der Waals surface area contributed by atoms with Crippen molar-refractivity contribution >= 4 is 38.9 Å². The van der Waals surface area contributed by atoms with E-state index in [1.807, 2.05) is 19.2 Å². The normalized spacial score (nSPS) is 12.6. The van der Waals surface area contributed by atoms with Crippen LogP contribution in [0.25, 0.3) is 0 Å². The summed E-state index contributed by atoms with van der Waals surface area (Å²) < 4.78 is 1.17. The Morgan fingerprint density at radius 2 is 2.06 bits per heavy atom. The number of rotatable bonds is 4. The number of nitrogens with one attached hydrogen (secondary N) is 1. The summed E-state index contributed by atoms with van der Waals surface area (Å²) in [5.41, 5.74) is 2.61. The second-order valence-corrected chi connectivity index (χ2v) is 6.58. The first-order valence-corrected chi connectivity index (χ1v) is 7.39. The standard InChI is InChI=1S/C13H13BrClNS/c1-16-12(10-7-13(14)17-8-10)6-9-2-4-11(15)5-3-9/h2-5,7-8,12,16H,6H2,1H3. The van der Waals surface area contributed by atoms with Gasteiger partial charge in [0.15, 0.2) is 0 Å². The number of halogens is 2. The summed E-state index contributed by atoms with van der Waals surface area (Å²) in [6.07, 6.45) is 0.969. The largest absolute Gasteiger partial charge is 0.313 e. The molecule has 0 amide bonds.